The van der Waals surface area contributed by atoms with E-state index < -0.39 is 6.10 Å². The molecule has 0 saturated carbocycles. The second kappa shape index (κ2) is 19.7. The summed E-state index contributed by atoms with van der Waals surface area (Å²) in [7, 11) is 3.25. The van der Waals surface area contributed by atoms with Crippen molar-refractivity contribution in [1.82, 2.24) is 20.2 Å². The minimum atomic E-state index is -0.608. The van der Waals surface area contributed by atoms with Crippen molar-refractivity contribution in [1.29, 1.82) is 0 Å². The highest BCUT2D eigenvalue weighted by molar-refractivity contribution is 5.86. The second-order valence-electron chi connectivity index (χ2n) is 8.78. The molecule has 2 heterocycles. The fourth-order valence-electron chi connectivity index (χ4n) is 4.08. The molecule has 5 N–H and O–H groups in total. The molecule has 1 aliphatic rings. The molecule has 0 bridgehead atoms. The van der Waals surface area contributed by atoms with E-state index in [0.29, 0.717) is 18.0 Å². The lowest BCUT2D eigenvalue weighted by Crippen LogP contribution is -2.35. The summed E-state index contributed by atoms with van der Waals surface area (Å²) in [5, 5.41) is 13.6. The van der Waals surface area contributed by atoms with E-state index in [9.17, 15) is 5.11 Å². The Morgan fingerprint density at radius 1 is 1.02 bits per heavy atom. The van der Waals surface area contributed by atoms with Crippen LogP contribution >= 0.6 is 37.2 Å². The van der Waals surface area contributed by atoms with Gasteiger partial charge in [-0.25, -0.2) is 4.98 Å². The normalized spacial score (nSPS) is 13.5. The first-order valence-electron chi connectivity index (χ1n) is 12.3. The molecule has 226 valence electrons. The highest BCUT2D eigenvalue weighted by atomic mass is 35.5. The summed E-state index contributed by atoms with van der Waals surface area (Å²) in [5.41, 5.74) is 3.22. The van der Waals surface area contributed by atoms with Crippen LogP contribution in [0.2, 0.25) is 0 Å². The van der Waals surface area contributed by atoms with Crippen molar-refractivity contribution in [2.24, 2.45) is 0 Å². The minimum Gasteiger partial charge on any atom is -0.493 e. The molecule has 3 aromatic rings. The van der Waals surface area contributed by atoms with Gasteiger partial charge in [0.1, 0.15) is 24.3 Å². The van der Waals surface area contributed by atoms with Crippen LogP contribution in [0.15, 0.2) is 48.7 Å². The van der Waals surface area contributed by atoms with Crippen LogP contribution in [-0.2, 0) is 17.7 Å². The molecule has 1 aromatic heterocycles. The Hall–Kier alpha value is -2.28. The predicted molar refractivity (Wildman–Crippen MR) is 163 cm³/mol. The third kappa shape index (κ3) is 11.3. The van der Waals surface area contributed by atoms with Crippen LogP contribution in [0.3, 0.4) is 0 Å². The maximum atomic E-state index is 10.3. The zero-order valence-electron chi connectivity index (χ0n) is 22.8. The summed E-state index contributed by atoms with van der Waals surface area (Å²) < 4.78 is 21.8. The number of aliphatic hydroxyl groups is 1. The largest absolute Gasteiger partial charge is 0.493 e. The number of aromatic amines is 1. The molecule has 13 heteroatoms. The van der Waals surface area contributed by atoms with Gasteiger partial charge in [-0.2, -0.15) is 0 Å². The van der Waals surface area contributed by atoms with Crippen LogP contribution in [0.25, 0.3) is 11.4 Å². The number of halogens is 3. The van der Waals surface area contributed by atoms with Crippen LogP contribution < -0.4 is 19.5 Å². The Labute approximate surface area is 254 Å². The molecule has 1 fully saturated rings. The minimum absolute atomic E-state index is 0. The average molecular weight is 624 g/mol. The van der Waals surface area contributed by atoms with E-state index >= 15 is 0 Å². The number of imidazole rings is 1. The van der Waals surface area contributed by atoms with E-state index in [0.717, 1.165) is 74.2 Å². The third-order valence-electron chi connectivity index (χ3n) is 6.11. The van der Waals surface area contributed by atoms with Gasteiger partial charge < -0.3 is 39.8 Å². The van der Waals surface area contributed by atoms with E-state index in [1.165, 1.54) is 0 Å². The van der Waals surface area contributed by atoms with Crippen molar-refractivity contribution in [3.8, 4) is 28.6 Å². The van der Waals surface area contributed by atoms with Crippen molar-refractivity contribution in [3.05, 3.63) is 59.9 Å². The summed E-state index contributed by atoms with van der Waals surface area (Å²) in [6, 6.07) is 13.6. The standard InChI is InChI=1S/C27H36N4O5.3ClH.H2O/c1-33-25-8-3-20(15-26(25)34-2)9-10-28-17-23(32)19-36-24-6-4-21(5-7-24)27-29-16-22(30-27)18-31-11-13-35-14-12-31;;;;/h3-8,15-16,23,28,32H,9-14,17-19H2,1-2H3,(H,29,30);3*1H;1H2/t23-;;;;/m0..../s1. The number of hydrogen-bond acceptors (Lipinski definition) is 8. The van der Waals surface area contributed by atoms with Gasteiger partial charge in [0.2, 0.25) is 0 Å². The van der Waals surface area contributed by atoms with Crippen LogP contribution in [0.5, 0.6) is 17.2 Å². The molecule has 0 unspecified atom stereocenters. The summed E-state index contributed by atoms with van der Waals surface area (Å²) >= 11 is 0. The van der Waals surface area contributed by atoms with E-state index in [-0.39, 0.29) is 49.3 Å². The van der Waals surface area contributed by atoms with Gasteiger partial charge in [-0.15, -0.1) is 37.2 Å². The average Bonchev–Trinajstić information content (AvgIpc) is 3.39. The number of aromatic nitrogens is 2. The van der Waals surface area contributed by atoms with Gasteiger partial charge in [0.25, 0.3) is 0 Å². The lowest BCUT2D eigenvalue weighted by Gasteiger charge is -2.25. The van der Waals surface area contributed by atoms with Gasteiger partial charge in [-0.05, 0) is 54.9 Å². The smallest absolute Gasteiger partial charge is 0.160 e. The van der Waals surface area contributed by atoms with E-state index in [1.54, 1.807) is 14.2 Å². The third-order valence-corrected chi connectivity index (χ3v) is 6.11. The Bertz CT molecular complexity index is 1080. The number of methoxy groups -OCH3 is 2. The Balaban J connectivity index is 0.00000380. The van der Waals surface area contributed by atoms with Gasteiger partial charge in [0.15, 0.2) is 11.5 Å². The molecule has 0 amide bonds. The van der Waals surface area contributed by atoms with Crippen molar-refractivity contribution >= 4 is 37.2 Å². The lowest BCUT2D eigenvalue weighted by molar-refractivity contribution is 0.0337. The van der Waals surface area contributed by atoms with Crippen LogP contribution in [0.1, 0.15) is 11.3 Å². The fraction of sp³-hybridized carbons (Fsp3) is 0.444. The molecule has 0 aliphatic carbocycles. The van der Waals surface area contributed by atoms with Crippen molar-refractivity contribution in [2.75, 3.05) is 60.2 Å². The summed E-state index contributed by atoms with van der Waals surface area (Å²) in [6.07, 6.45) is 2.10. The molecule has 0 spiro atoms. The van der Waals surface area contributed by atoms with Gasteiger partial charge in [-0.1, -0.05) is 6.07 Å². The van der Waals surface area contributed by atoms with Crippen LogP contribution in [-0.4, -0.2) is 91.8 Å². The van der Waals surface area contributed by atoms with E-state index in [2.05, 4.69) is 20.2 Å². The summed E-state index contributed by atoms with van der Waals surface area (Å²) in [4.78, 5) is 10.3. The molecular weight excluding hydrogens is 583 g/mol. The van der Waals surface area contributed by atoms with Crippen molar-refractivity contribution in [2.45, 2.75) is 19.1 Å². The molecule has 1 atom stereocenters. The lowest BCUT2D eigenvalue weighted by atomic mass is 10.1. The first-order chi connectivity index (χ1) is 17.6. The zero-order valence-corrected chi connectivity index (χ0v) is 25.2. The number of aliphatic hydroxyl groups excluding tert-OH is 1. The SMILES string of the molecule is COc1ccc(CCNC[C@H](O)COc2ccc(-c3ncc(CN4CCOCC4)[nH]3)cc2)cc1OC.Cl.Cl.Cl.O. The number of H-pyrrole nitrogens is 1. The van der Waals surface area contributed by atoms with Gasteiger partial charge in [0.05, 0.1) is 27.4 Å². The second-order valence-corrected chi connectivity index (χ2v) is 8.78. The molecule has 4 rings (SSSR count). The summed E-state index contributed by atoms with van der Waals surface area (Å²) in [5.74, 6) is 2.98. The first kappa shape index (κ1) is 37.7. The number of hydrogen-bond donors (Lipinski definition) is 3. The van der Waals surface area contributed by atoms with Crippen molar-refractivity contribution in [3.63, 3.8) is 0 Å². The predicted octanol–water partition coefficient (Wildman–Crippen LogP) is 2.94. The topological polar surface area (TPSA) is 133 Å². The Morgan fingerprint density at radius 2 is 1.73 bits per heavy atom. The highest BCUT2D eigenvalue weighted by Crippen LogP contribution is 2.27. The number of rotatable bonds is 13. The Morgan fingerprint density at radius 3 is 2.40 bits per heavy atom. The van der Waals surface area contributed by atoms with Crippen LogP contribution in [0.4, 0.5) is 0 Å². The summed E-state index contributed by atoms with van der Waals surface area (Å²) in [6.45, 7) is 5.70. The van der Waals surface area contributed by atoms with Gasteiger partial charge in [0, 0.05) is 43.6 Å². The number of benzene rings is 2. The molecule has 10 nitrogen and oxygen atoms in total. The maximum Gasteiger partial charge on any atom is 0.160 e. The fourth-order valence-corrected chi connectivity index (χ4v) is 4.08. The Kier molecular flexibility index (Phi) is 18.6. The van der Waals surface area contributed by atoms with E-state index in [1.807, 2.05) is 48.7 Å². The van der Waals surface area contributed by atoms with Gasteiger partial charge >= 0.3 is 0 Å². The molecular formula is C27H41Cl3N4O6. The quantitative estimate of drug-likeness (QED) is 0.248. The van der Waals surface area contributed by atoms with Gasteiger partial charge in [-0.3, -0.25) is 4.90 Å². The monoisotopic (exact) mass is 622 g/mol. The molecule has 0 radical (unpaired) electrons. The first-order valence-corrected chi connectivity index (χ1v) is 12.3. The maximum absolute atomic E-state index is 10.3. The number of nitrogens with zero attached hydrogens (tertiary/aromatic N) is 2. The molecule has 1 saturated heterocycles. The van der Waals surface area contributed by atoms with Crippen molar-refractivity contribution < 1.29 is 29.5 Å². The number of nitrogens with one attached hydrogen (secondary N) is 2. The van der Waals surface area contributed by atoms with Crippen LogP contribution in [0, 0.1) is 0 Å². The zero-order chi connectivity index (χ0) is 25.2. The molecule has 40 heavy (non-hydrogen) atoms. The number of ether oxygens (including phenoxy) is 4. The molecule has 2 aromatic carbocycles. The van der Waals surface area contributed by atoms with E-state index in [4.69, 9.17) is 18.9 Å². The number of morpholine rings is 1. The molecule has 1 aliphatic heterocycles. The highest BCUT2D eigenvalue weighted by Gasteiger charge is 2.13.